The summed E-state index contributed by atoms with van der Waals surface area (Å²) in [6, 6.07) is 7.31. The molecule has 0 saturated heterocycles. The molecule has 0 fully saturated rings. The van der Waals surface area contributed by atoms with Crippen LogP contribution in [-0.4, -0.2) is 54.1 Å². The van der Waals surface area contributed by atoms with Crippen LogP contribution in [0.1, 0.15) is 50.9 Å². The van der Waals surface area contributed by atoms with E-state index in [-0.39, 0.29) is 36.1 Å². The lowest BCUT2D eigenvalue weighted by atomic mass is 10.2. The second-order valence-electron chi connectivity index (χ2n) is 6.58. The number of benzene rings is 1. The Hall–Kier alpha value is -2.02. The number of hydrogen-bond acceptors (Lipinski definition) is 4. The minimum atomic E-state index is -0.184. The lowest BCUT2D eigenvalue weighted by Gasteiger charge is -2.23. The highest BCUT2D eigenvalue weighted by Gasteiger charge is 2.21. The van der Waals surface area contributed by atoms with Crippen molar-refractivity contribution in [2.24, 2.45) is 0 Å². The predicted octanol–water partition coefficient (Wildman–Crippen LogP) is 2.68. The summed E-state index contributed by atoms with van der Waals surface area (Å²) in [7, 11) is 0. The Bertz CT molecular complexity index is 635. The average molecular weight is 394 g/mol. The van der Waals surface area contributed by atoms with Crippen molar-refractivity contribution in [1.82, 2.24) is 15.5 Å². The highest BCUT2D eigenvalue weighted by Crippen LogP contribution is 2.24. The largest absolute Gasteiger partial charge is 0.355 e. The van der Waals surface area contributed by atoms with Crippen LogP contribution in [0.2, 0.25) is 0 Å². The van der Waals surface area contributed by atoms with Gasteiger partial charge < -0.3 is 15.5 Å². The van der Waals surface area contributed by atoms with Gasteiger partial charge in [0.1, 0.15) is 0 Å². The van der Waals surface area contributed by atoms with Gasteiger partial charge in [0.2, 0.25) is 11.8 Å². The van der Waals surface area contributed by atoms with Crippen molar-refractivity contribution in [2.75, 3.05) is 25.4 Å². The van der Waals surface area contributed by atoms with Gasteiger partial charge in [0, 0.05) is 24.0 Å². The van der Waals surface area contributed by atoms with Gasteiger partial charge in [-0.2, -0.15) is 0 Å². The molecule has 0 heterocycles. The number of thioether (sulfide) groups is 1. The summed E-state index contributed by atoms with van der Waals surface area (Å²) >= 11 is 1.33. The minimum Gasteiger partial charge on any atom is -0.355 e. The van der Waals surface area contributed by atoms with E-state index >= 15 is 0 Å². The number of nitrogens with one attached hydrogen (secondary N) is 2. The predicted molar refractivity (Wildman–Crippen MR) is 110 cm³/mol. The molecule has 27 heavy (non-hydrogen) atoms. The maximum absolute atomic E-state index is 13.0. The van der Waals surface area contributed by atoms with E-state index in [0.29, 0.717) is 18.7 Å². The zero-order chi connectivity index (χ0) is 20.2. The highest BCUT2D eigenvalue weighted by molar-refractivity contribution is 8.00. The normalized spacial score (nSPS) is 10.6. The van der Waals surface area contributed by atoms with E-state index in [1.807, 2.05) is 39.8 Å². The smallest absolute Gasteiger partial charge is 0.255 e. The third-order valence-corrected chi connectivity index (χ3v) is 4.69. The molecule has 0 aliphatic rings. The first-order valence-corrected chi connectivity index (χ1v) is 10.4. The molecule has 0 bridgehead atoms. The SMILES string of the molecule is CCCNC(=O)CN(CCC)C(=O)c1ccccc1SCC(=O)NC(C)C. The third kappa shape index (κ3) is 8.47. The number of amides is 3. The fourth-order valence-electron chi connectivity index (χ4n) is 2.46. The standard InChI is InChI=1S/C20H31N3O3S/c1-5-11-21-18(24)13-23(12-6-2)20(26)16-9-7-8-10-17(16)27-14-19(25)22-15(3)4/h7-10,15H,5-6,11-14H2,1-4H3,(H,21,24)(H,22,25). The summed E-state index contributed by atoms with van der Waals surface area (Å²) < 4.78 is 0. The van der Waals surface area contributed by atoms with Crippen LogP contribution in [0.25, 0.3) is 0 Å². The van der Waals surface area contributed by atoms with Crippen molar-refractivity contribution < 1.29 is 14.4 Å². The molecule has 0 radical (unpaired) electrons. The second-order valence-corrected chi connectivity index (χ2v) is 7.60. The first-order valence-electron chi connectivity index (χ1n) is 9.46. The Morgan fingerprint density at radius 1 is 1.07 bits per heavy atom. The van der Waals surface area contributed by atoms with Crippen LogP contribution in [0.15, 0.2) is 29.2 Å². The van der Waals surface area contributed by atoms with E-state index in [1.165, 1.54) is 11.8 Å². The molecule has 150 valence electrons. The van der Waals surface area contributed by atoms with Gasteiger partial charge in [-0.15, -0.1) is 11.8 Å². The van der Waals surface area contributed by atoms with Gasteiger partial charge in [-0.25, -0.2) is 0 Å². The maximum atomic E-state index is 13.0. The molecular weight excluding hydrogens is 362 g/mol. The minimum absolute atomic E-state index is 0.0412. The molecule has 6 nitrogen and oxygen atoms in total. The van der Waals surface area contributed by atoms with Crippen molar-refractivity contribution in [3.63, 3.8) is 0 Å². The zero-order valence-electron chi connectivity index (χ0n) is 16.7. The fraction of sp³-hybridized carbons (Fsp3) is 0.550. The van der Waals surface area contributed by atoms with Crippen molar-refractivity contribution in [3.05, 3.63) is 29.8 Å². The molecular formula is C20H31N3O3S. The molecule has 1 aromatic rings. The zero-order valence-corrected chi connectivity index (χ0v) is 17.5. The maximum Gasteiger partial charge on any atom is 0.255 e. The van der Waals surface area contributed by atoms with Gasteiger partial charge in [-0.1, -0.05) is 26.0 Å². The molecule has 0 aliphatic heterocycles. The quantitative estimate of drug-likeness (QED) is 0.567. The van der Waals surface area contributed by atoms with Crippen LogP contribution < -0.4 is 10.6 Å². The molecule has 7 heteroatoms. The first kappa shape index (κ1) is 23.0. The second kappa shape index (κ2) is 12.4. The number of hydrogen-bond donors (Lipinski definition) is 2. The van der Waals surface area contributed by atoms with Gasteiger partial charge in [-0.05, 0) is 38.8 Å². The van der Waals surface area contributed by atoms with E-state index < -0.39 is 0 Å². The van der Waals surface area contributed by atoms with E-state index in [1.54, 1.807) is 17.0 Å². The summed E-state index contributed by atoms with van der Waals surface area (Å²) in [5.41, 5.74) is 0.525. The molecule has 0 unspecified atom stereocenters. The Kier molecular flexibility index (Phi) is 10.6. The molecule has 2 N–H and O–H groups in total. The van der Waals surface area contributed by atoms with E-state index in [2.05, 4.69) is 10.6 Å². The Labute approximate surface area is 166 Å². The molecule has 0 aliphatic carbocycles. The summed E-state index contributed by atoms with van der Waals surface area (Å²) in [6.45, 7) is 8.92. The summed E-state index contributed by atoms with van der Waals surface area (Å²) in [5.74, 6) is -0.162. The fourth-order valence-corrected chi connectivity index (χ4v) is 3.32. The van der Waals surface area contributed by atoms with Gasteiger partial charge >= 0.3 is 0 Å². The molecule has 0 spiro atoms. The number of carbonyl (C=O) groups excluding carboxylic acids is 3. The summed E-state index contributed by atoms with van der Waals surface area (Å²) in [5, 5.41) is 5.65. The molecule has 0 aromatic heterocycles. The van der Waals surface area contributed by atoms with Crippen LogP contribution >= 0.6 is 11.8 Å². The summed E-state index contributed by atoms with van der Waals surface area (Å²) in [4.78, 5) is 39.3. The Morgan fingerprint density at radius 3 is 2.41 bits per heavy atom. The number of rotatable bonds is 11. The monoisotopic (exact) mass is 393 g/mol. The lowest BCUT2D eigenvalue weighted by molar-refractivity contribution is -0.122. The number of carbonyl (C=O) groups is 3. The van der Waals surface area contributed by atoms with Crippen molar-refractivity contribution >= 4 is 29.5 Å². The van der Waals surface area contributed by atoms with E-state index in [4.69, 9.17) is 0 Å². The van der Waals surface area contributed by atoms with Gasteiger partial charge in [0.15, 0.2) is 0 Å². The molecule has 3 amide bonds. The van der Waals surface area contributed by atoms with E-state index in [9.17, 15) is 14.4 Å². The van der Waals surface area contributed by atoms with Crippen molar-refractivity contribution in [3.8, 4) is 0 Å². The molecule has 1 aromatic carbocycles. The van der Waals surface area contributed by atoms with Crippen LogP contribution in [0.5, 0.6) is 0 Å². The van der Waals surface area contributed by atoms with Crippen molar-refractivity contribution in [2.45, 2.75) is 51.5 Å². The van der Waals surface area contributed by atoms with Gasteiger partial charge in [-0.3, -0.25) is 14.4 Å². The van der Waals surface area contributed by atoms with Crippen molar-refractivity contribution in [1.29, 1.82) is 0 Å². The molecule has 1 rings (SSSR count). The third-order valence-electron chi connectivity index (χ3n) is 3.61. The van der Waals surface area contributed by atoms with Crippen LogP contribution in [0.4, 0.5) is 0 Å². The molecule has 0 atom stereocenters. The van der Waals surface area contributed by atoms with Crippen LogP contribution in [0, 0.1) is 0 Å². The summed E-state index contributed by atoms with van der Waals surface area (Å²) in [6.07, 6.45) is 1.62. The highest BCUT2D eigenvalue weighted by atomic mass is 32.2. The van der Waals surface area contributed by atoms with Gasteiger partial charge in [0.25, 0.3) is 5.91 Å². The topological polar surface area (TPSA) is 78.5 Å². The lowest BCUT2D eigenvalue weighted by Crippen LogP contribution is -2.41. The first-order chi connectivity index (χ1) is 12.9. The van der Waals surface area contributed by atoms with Crippen LogP contribution in [0.3, 0.4) is 0 Å². The Morgan fingerprint density at radius 2 is 1.78 bits per heavy atom. The van der Waals surface area contributed by atoms with E-state index in [0.717, 1.165) is 17.7 Å². The average Bonchev–Trinajstić information content (AvgIpc) is 2.63. The molecule has 0 saturated carbocycles. The van der Waals surface area contributed by atoms with Crippen LogP contribution in [-0.2, 0) is 9.59 Å². The number of nitrogens with zero attached hydrogens (tertiary/aromatic N) is 1. The Balaban J connectivity index is 2.86. The van der Waals surface area contributed by atoms with Gasteiger partial charge in [0.05, 0.1) is 17.9 Å².